The molecule has 4 heteroatoms. The first-order valence-corrected chi connectivity index (χ1v) is 5.51. The fraction of sp³-hybridized carbons (Fsp3) is 0.500. The van der Waals surface area contributed by atoms with Gasteiger partial charge in [0.1, 0.15) is 5.82 Å². The number of nitrogens with two attached hydrogens (primary N) is 1. The van der Waals surface area contributed by atoms with Crippen LogP contribution in [0.4, 0.5) is 10.1 Å². The standard InChI is InChI=1S/C12H17FN2O/c1-16-11-4-5-15(8-11)12-3-2-10(13)6-9(12)7-14/h2-3,6,11H,4-5,7-8,14H2,1H3. The van der Waals surface area contributed by atoms with Gasteiger partial charge in [-0.2, -0.15) is 0 Å². The van der Waals surface area contributed by atoms with Crippen LogP contribution in [0.25, 0.3) is 0 Å². The van der Waals surface area contributed by atoms with Crippen LogP contribution in [0.15, 0.2) is 18.2 Å². The summed E-state index contributed by atoms with van der Waals surface area (Å²) in [5.74, 6) is -0.230. The number of anilines is 1. The van der Waals surface area contributed by atoms with Gasteiger partial charge in [0.25, 0.3) is 0 Å². The predicted octanol–water partition coefficient (Wildman–Crippen LogP) is 1.51. The molecule has 88 valence electrons. The molecule has 1 fully saturated rings. The van der Waals surface area contributed by atoms with Crippen LogP contribution >= 0.6 is 0 Å². The highest BCUT2D eigenvalue weighted by molar-refractivity contribution is 5.54. The Hall–Kier alpha value is -1.13. The largest absolute Gasteiger partial charge is 0.380 e. The van der Waals surface area contributed by atoms with Crippen molar-refractivity contribution in [1.29, 1.82) is 0 Å². The van der Waals surface area contributed by atoms with Crippen molar-refractivity contribution < 1.29 is 9.13 Å². The molecule has 2 N–H and O–H groups in total. The van der Waals surface area contributed by atoms with E-state index in [4.69, 9.17) is 10.5 Å². The number of rotatable bonds is 3. The lowest BCUT2D eigenvalue weighted by Crippen LogP contribution is -2.23. The van der Waals surface area contributed by atoms with Crippen molar-refractivity contribution in [2.75, 3.05) is 25.1 Å². The first kappa shape index (κ1) is 11.4. The van der Waals surface area contributed by atoms with Crippen LogP contribution < -0.4 is 10.6 Å². The third kappa shape index (κ3) is 2.18. The van der Waals surface area contributed by atoms with Gasteiger partial charge in [-0.25, -0.2) is 4.39 Å². The summed E-state index contributed by atoms with van der Waals surface area (Å²) in [7, 11) is 1.72. The molecule has 1 unspecified atom stereocenters. The van der Waals surface area contributed by atoms with Crippen molar-refractivity contribution >= 4 is 5.69 Å². The highest BCUT2D eigenvalue weighted by Gasteiger charge is 2.23. The first-order chi connectivity index (χ1) is 7.74. The number of nitrogens with zero attached hydrogens (tertiary/aromatic N) is 1. The number of benzene rings is 1. The second-order valence-electron chi connectivity index (χ2n) is 4.07. The molecule has 1 aliphatic heterocycles. The molecule has 3 nitrogen and oxygen atoms in total. The van der Waals surface area contributed by atoms with E-state index in [1.54, 1.807) is 13.2 Å². The zero-order chi connectivity index (χ0) is 11.5. The molecule has 2 rings (SSSR count). The third-order valence-electron chi connectivity index (χ3n) is 3.08. The molecule has 1 aliphatic rings. The lowest BCUT2D eigenvalue weighted by molar-refractivity contribution is 0.121. The third-order valence-corrected chi connectivity index (χ3v) is 3.08. The van der Waals surface area contributed by atoms with Gasteiger partial charge in [0.15, 0.2) is 0 Å². The van der Waals surface area contributed by atoms with Gasteiger partial charge >= 0.3 is 0 Å². The first-order valence-electron chi connectivity index (χ1n) is 5.51. The van der Waals surface area contributed by atoms with Crippen molar-refractivity contribution in [2.24, 2.45) is 5.73 Å². The van der Waals surface area contributed by atoms with Gasteiger partial charge in [-0.1, -0.05) is 0 Å². The maximum atomic E-state index is 13.1. The number of hydrogen-bond donors (Lipinski definition) is 1. The fourth-order valence-electron chi connectivity index (χ4n) is 2.17. The van der Waals surface area contributed by atoms with Gasteiger partial charge in [0, 0.05) is 32.4 Å². The Balaban J connectivity index is 2.20. The molecule has 0 aliphatic carbocycles. The summed E-state index contributed by atoms with van der Waals surface area (Å²) < 4.78 is 18.4. The maximum Gasteiger partial charge on any atom is 0.123 e. The summed E-state index contributed by atoms with van der Waals surface area (Å²) in [4.78, 5) is 2.20. The van der Waals surface area contributed by atoms with Crippen LogP contribution in [-0.4, -0.2) is 26.3 Å². The average Bonchev–Trinajstić information content (AvgIpc) is 2.77. The monoisotopic (exact) mass is 224 g/mol. The predicted molar refractivity (Wildman–Crippen MR) is 61.9 cm³/mol. The average molecular weight is 224 g/mol. The van der Waals surface area contributed by atoms with Crippen LogP contribution in [0.2, 0.25) is 0 Å². The number of ether oxygens (including phenoxy) is 1. The van der Waals surface area contributed by atoms with Crippen LogP contribution in [0, 0.1) is 5.82 Å². The summed E-state index contributed by atoms with van der Waals surface area (Å²) in [5.41, 5.74) is 7.52. The number of hydrogen-bond acceptors (Lipinski definition) is 3. The molecule has 1 atom stereocenters. The van der Waals surface area contributed by atoms with E-state index in [1.165, 1.54) is 12.1 Å². The second-order valence-corrected chi connectivity index (χ2v) is 4.07. The van der Waals surface area contributed by atoms with E-state index in [2.05, 4.69) is 4.90 Å². The minimum absolute atomic E-state index is 0.230. The molecule has 1 aromatic rings. The molecule has 0 bridgehead atoms. The lowest BCUT2D eigenvalue weighted by atomic mass is 10.1. The van der Waals surface area contributed by atoms with E-state index in [-0.39, 0.29) is 11.9 Å². The van der Waals surface area contributed by atoms with E-state index in [1.807, 2.05) is 0 Å². The lowest BCUT2D eigenvalue weighted by Gasteiger charge is -2.21. The molecule has 0 amide bonds. The van der Waals surface area contributed by atoms with E-state index >= 15 is 0 Å². The molecule has 0 radical (unpaired) electrons. The summed E-state index contributed by atoms with van der Waals surface area (Å²) in [6.45, 7) is 2.16. The minimum Gasteiger partial charge on any atom is -0.380 e. The smallest absolute Gasteiger partial charge is 0.123 e. The summed E-state index contributed by atoms with van der Waals surface area (Å²) >= 11 is 0. The zero-order valence-electron chi connectivity index (χ0n) is 9.45. The SMILES string of the molecule is COC1CCN(c2ccc(F)cc2CN)C1. The summed E-state index contributed by atoms with van der Waals surface area (Å²) in [5, 5.41) is 0. The summed E-state index contributed by atoms with van der Waals surface area (Å²) in [6, 6.07) is 4.79. The molecule has 1 heterocycles. The van der Waals surface area contributed by atoms with Crippen molar-refractivity contribution in [2.45, 2.75) is 19.1 Å². The van der Waals surface area contributed by atoms with Crippen molar-refractivity contribution in [1.82, 2.24) is 0 Å². The van der Waals surface area contributed by atoms with Crippen molar-refractivity contribution in [3.8, 4) is 0 Å². The van der Waals surface area contributed by atoms with Gasteiger partial charge in [-0.15, -0.1) is 0 Å². The Bertz CT molecular complexity index is 370. The van der Waals surface area contributed by atoms with Gasteiger partial charge in [-0.3, -0.25) is 0 Å². The molecule has 0 spiro atoms. The van der Waals surface area contributed by atoms with Gasteiger partial charge in [-0.05, 0) is 30.2 Å². The Labute approximate surface area is 95.0 Å². The Morgan fingerprint density at radius 3 is 3.00 bits per heavy atom. The molecule has 1 saturated heterocycles. The van der Waals surface area contributed by atoms with E-state index < -0.39 is 0 Å². The van der Waals surface area contributed by atoms with Crippen LogP contribution in [0.3, 0.4) is 0 Å². The molecular formula is C12H17FN2O. The molecule has 0 aromatic heterocycles. The number of halogens is 1. The van der Waals surface area contributed by atoms with E-state index in [0.717, 1.165) is 30.8 Å². The molecule has 0 saturated carbocycles. The molecular weight excluding hydrogens is 207 g/mol. The highest BCUT2D eigenvalue weighted by atomic mass is 19.1. The van der Waals surface area contributed by atoms with E-state index in [0.29, 0.717) is 6.54 Å². The Morgan fingerprint density at radius 2 is 2.38 bits per heavy atom. The van der Waals surface area contributed by atoms with Crippen molar-refractivity contribution in [3.05, 3.63) is 29.6 Å². The minimum atomic E-state index is -0.230. The number of methoxy groups -OCH3 is 1. The topological polar surface area (TPSA) is 38.5 Å². The van der Waals surface area contributed by atoms with E-state index in [9.17, 15) is 4.39 Å². The Kier molecular flexibility index (Phi) is 3.41. The van der Waals surface area contributed by atoms with Crippen molar-refractivity contribution in [3.63, 3.8) is 0 Å². The zero-order valence-corrected chi connectivity index (χ0v) is 9.45. The van der Waals surface area contributed by atoms with Crippen LogP contribution in [-0.2, 0) is 11.3 Å². The molecule has 16 heavy (non-hydrogen) atoms. The molecule has 1 aromatic carbocycles. The second kappa shape index (κ2) is 4.80. The normalized spacial score (nSPS) is 20.4. The highest BCUT2D eigenvalue weighted by Crippen LogP contribution is 2.26. The van der Waals surface area contributed by atoms with Crippen LogP contribution in [0.1, 0.15) is 12.0 Å². The summed E-state index contributed by atoms with van der Waals surface area (Å²) in [6.07, 6.45) is 1.29. The van der Waals surface area contributed by atoms with Gasteiger partial charge < -0.3 is 15.4 Å². The Morgan fingerprint density at radius 1 is 1.56 bits per heavy atom. The maximum absolute atomic E-state index is 13.1. The van der Waals surface area contributed by atoms with Crippen LogP contribution in [0.5, 0.6) is 0 Å². The quantitative estimate of drug-likeness (QED) is 0.845. The van der Waals surface area contributed by atoms with Gasteiger partial charge in [0.2, 0.25) is 0 Å². The van der Waals surface area contributed by atoms with Gasteiger partial charge in [0.05, 0.1) is 6.10 Å². The fourth-order valence-corrected chi connectivity index (χ4v) is 2.17.